The predicted octanol–water partition coefficient (Wildman–Crippen LogP) is 4.63. The maximum Gasteiger partial charge on any atom is 0.417 e. The lowest BCUT2D eigenvalue weighted by molar-refractivity contribution is -0.184. The van der Waals surface area contributed by atoms with E-state index >= 15 is 0 Å². The molecule has 7 nitrogen and oxygen atoms in total. The molecule has 0 spiro atoms. The van der Waals surface area contributed by atoms with Crippen molar-refractivity contribution in [2.24, 2.45) is 4.99 Å². The van der Waals surface area contributed by atoms with Crippen molar-refractivity contribution in [3.63, 3.8) is 0 Å². The van der Waals surface area contributed by atoms with Crippen LogP contribution in [0.4, 0.5) is 39.5 Å². The maximum absolute atomic E-state index is 14.4. The van der Waals surface area contributed by atoms with E-state index < -0.39 is 76.5 Å². The number of benzene rings is 1. The summed E-state index contributed by atoms with van der Waals surface area (Å²) in [5, 5.41) is 0.567. The first-order valence-electron chi connectivity index (χ1n) is 10.7. The van der Waals surface area contributed by atoms with Gasteiger partial charge in [-0.3, -0.25) is 24.4 Å². The number of hydroxylamine groups is 1. The number of alkyl halides is 9. The average molecular weight is 589 g/mol. The molecule has 0 saturated carbocycles. The van der Waals surface area contributed by atoms with Gasteiger partial charge in [0.1, 0.15) is 18.1 Å². The number of amides is 2. The molecule has 210 valence electrons. The molecule has 4 rings (SSSR count). The molecule has 0 aliphatic carbocycles. The van der Waals surface area contributed by atoms with Crippen LogP contribution in [-0.2, 0) is 27.4 Å². The number of carbonyl (C=O) groups excluding carboxylic acids is 2. The first kappa shape index (κ1) is 28.6. The normalized spacial score (nSPS) is 22.1. The van der Waals surface area contributed by atoms with Crippen LogP contribution >= 0.6 is 11.6 Å². The van der Waals surface area contributed by atoms with Gasteiger partial charge in [0, 0.05) is 12.6 Å². The van der Waals surface area contributed by atoms with E-state index in [1.807, 2.05) is 5.48 Å². The average Bonchev–Trinajstić information content (AvgIpc) is 3.45. The number of carbonyl (C=O) groups is 2. The Bertz CT molecular complexity index is 1310. The van der Waals surface area contributed by atoms with Crippen LogP contribution in [0.5, 0.6) is 0 Å². The predicted molar refractivity (Wildman–Crippen MR) is 115 cm³/mol. The Morgan fingerprint density at radius 3 is 2.13 bits per heavy atom. The van der Waals surface area contributed by atoms with Crippen molar-refractivity contribution in [1.82, 2.24) is 15.8 Å². The number of rotatable bonds is 4. The van der Waals surface area contributed by atoms with E-state index in [-0.39, 0.29) is 35.7 Å². The van der Waals surface area contributed by atoms with Gasteiger partial charge in [0.2, 0.25) is 0 Å². The number of pyridine rings is 1. The second-order valence-corrected chi connectivity index (χ2v) is 9.01. The minimum Gasteiger partial charge on any atom is -0.338 e. The quantitative estimate of drug-likeness (QED) is 0.510. The monoisotopic (exact) mass is 588 g/mol. The molecule has 2 atom stereocenters. The molecular formula is C22H14ClF9N4O3. The molecule has 2 aromatic rings. The second-order valence-electron chi connectivity index (χ2n) is 8.64. The smallest absolute Gasteiger partial charge is 0.338 e. The molecule has 0 bridgehead atoms. The summed E-state index contributed by atoms with van der Waals surface area (Å²) in [6.45, 7) is -1.37. The van der Waals surface area contributed by atoms with Crippen molar-refractivity contribution < 1.29 is 53.9 Å². The van der Waals surface area contributed by atoms with E-state index in [9.17, 15) is 49.1 Å². The fraction of sp³-hybridized carbons (Fsp3) is 0.364. The lowest BCUT2D eigenvalue weighted by Gasteiger charge is -2.33. The number of aliphatic imine (C=N–C) groups is 1. The van der Waals surface area contributed by atoms with Crippen molar-refractivity contribution in [1.29, 1.82) is 0 Å². The van der Waals surface area contributed by atoms with Crippen LogP contribution in [-0.4, -0.2) is 47.9 Å². The fourth-order valence-electron chi connectivity index (χ4n) is 4.05. The zero-order valence-electron chi connectivity index (χ0n) is 19.0. The summed E-state index contributed by atoms with van der Waals surface area (Å²) in [6.07, 6.45) is -16.5. The highest BCUT2D eigenvalue weighted by molar-refractivity contribution is 6.32. The number of halogens is 10. The van der Waals surface area contributed by atoms with Crippen molar-refractivity contribution in [3.05, 3.63) is 63.4 Å². The highest BCUT2D eigenvalue weighted by Gasteiger charge is 2.59. The van der Waals surface area contributed by atoms with Gasteiger partial charge in [-0.05, 0) is 29.8 Å². The van der Waals surface area contributed by atoms with Crippen molar-refractivity contribution in [2.45, 2.75) is 36.4 Å². The summed E-state index contributed by atoms with van der Waals surface area (Å²) in [7, 11) is 0. The highest BCUT2D eigenvalue weighted by Crippen LogP contribution is 2.51. The van der Waals surface area contributed by atoms with E-state index in [1.165, 1.54) is 0 Å². The number of hydrogen-bond donors (Lipinski definition) is 2. The Morgan fingerprint density at radius 1 is 1.05 bits per heavy atom. The molecule has 2 unspecified atom stereocenters. The number of aromatic nitrogens is 1. The van der Waals surface area contributed by atoms with E-state index in [0.29, 0.717) is 0 Å². The van der Waals surface area contributed by atoms with Crippen molar-refractivity contribution in [3.8, 4) is 0 Å². The molecule has 17 heteroatoms. The largest absolute Gasteiger partial charge is 0.417 e. The van der Waals surface area contributed by atoms with Gasteiger partial charge in [0.25, 0.3) is 11.8 Å². The Morgan fingerprint density at radius 2 is 1.67 bits per heavy atom. The summed E-state index contributed by atoms with van der Waals surface area (Å²) in [5.74, 6) is -1.38. The lowest BCUT2D eigenvalue weighted by Crippen LogP contribution is -2.44. The van der Waals surface area contributed by atoms with Gasteiger partial charge in [-0.15, -0.1) is 0 Å². The fourth-order valence-corrected chi connectivity index (χ4v) is 4.37. The number of nitrogens with zero attached hydrogens (tertiary/aromatic N) is 2. The van der Waals surface area contributed by atoms with Crippen LogP contribution in [0.1, 0.15) is 39.2 Å². The van der Waals surface area contributed by atoms with Gasteiger partial charge < -0.3 is 5.32 Å². The summed E-state index contributed by atoms with van der Waals surface area (Å²) in [5.41, 5.74) is -7.33. The van der Waals surface area contributed by atoms with E-state index in [2.05, 4.69) is 20.1 Å². The minimum absolute atomic E-state index is 0.0483. The van der Waals surface area contributed by atoms with E-state index in [4.69, 9.17) is 11.6 Å². The van der Waals surface area contributed by atoms with Crippen LogP contribution in [0, 0.1) is 0 Å². The van der Waals surface area contributed by atoms with E-state index in [0.717, 1.165) is 18.3 Å². The van der Waals surface area contributed by atoms with Gasteiger partial charge in [-0.25, -0.2) is 5.48 Å². The molecule has 2 amide bonds. The second kappa shape index (κ2) is 9.66. The molecule has 2 aliphatic rings. The van der Waals surface area contributed by atoms with E-state index in [1.54, 1.807) is 0 Å². The summed E-state index contributed by atoms with van der Waals surface area (Å²) in [4.78, 5) is 36.1. The van der Waals surface area contributed by atoms with Crippen LogP contribution in [0.15, 0.2) is 35.5 Å². The Balaban J connectivity index is 1.67. The molecule has 2 N–H and O–H groups in total. The summed E-state index contributed by atoms with van der Waals surface area (Å²) in [6, 6.07) is 1.16. The van der Waals surface area contributed by atoms with Crippen LogP contribution in [0.25, 0.3) is 0 Å². The van der Waals surface area contributed by atoms with Crippen molar-refractivity contribution >= 4 is 29.1 Å². The molecular weight excluding hydrogens is 575 g/mol. The Labute approximate surface area is 217 Å². The third kappa shape index (κ3) is 5.39. The van der Waals surface area contributed by atoms with Crippen LogP contribution in [0.2, 0.25) is 5.02 Å². The highest BCUT2D eigenvalue weighted by atomic mass is 35.5. The molecule has 1 aromatic carbocycles. The van der Waals surface area contributed by atoms with Crippen molar-refractivity contribution in [2.75, 3.05) is 13.2 Å². The maximum atomic E-state index is 14.4. The van der Waals surface area contributed by atoms with Gasteiger partial charge in [-0.1, -0.05) is 11.6 Å². The molecule has 2 aliphatic heterocycles. The number of hydrogen-bond acceptors (Lipinski definition) is 5. The third-order valence-corrected chi connectivity index (χ3v) is 6.56. The standard InChI is InChI=1S/C22H14ClF9N4O3/c23-16-11(20(24,25)26)3-10(4-12(16)21(27,28)29)19(22(30,31)32)5-14(34-8-19)13-2-1-9(6-33-13)17(37)35-15-7-39-36-18(15)38/h1-4,6,15H,5,7-8H2,(H,35,37)(H,36,38). The zero-order valence-corrected chi connectivity index (χ0v) is 19.7. The van der Waals surface area contributed by atoms with Gasteiger partial charge in [-0.2, -0.15) is 39.5 Å². The first-order chi connectivity index (χ1) is 17.9. The lowest BCUT2D eigenvalue weighted by atomic mass is 9.75. The third-order valence-electron chi connectivity index (χ3n) is 6.15. The van der Waals surface area contributed by atoms with Gasteiger partial charge >= 0.3 is 18.5 Å². The molecule has 3 heterocycles. The summed E-state index contributed by atoms with van der Waals surface area (Å²) < 4.78 is 124. The molecule has 1 fully saturated rings. The molecule has 1 aromatic heterocycles. The number of nitrogens with one attached hydrogen (secondary N) is 2. The van der Waals surface area contributed by atoms with Crippen LogP contribution < -0.4 is 10.8 Å². The van der Waals surface area contributed by atoms with Gasteiger partial charge in [0.05, 0.1) is 39.7 Å². The van der Waals surface area contributed by atoms with Gasteiger partial charge in [0.15, 0.2) is 0 Å². The Hall–Kier alpha value is -3.40. The molecule has 1 saturated heterocycles. The minimum atomic E-state index is -5.48. The van der Waals surface area contributed by atoms with Crippen LogP contribution in [0.3, 0.4) is 0 Å². The topological polar surface area (TPSA) is 92.7 Å². The molecule has 39 heavy (non-hydrogen) atoms. The Kier molecular flexibility index (Phi) is 7.08. The SMILES string of the molecule is O=C(NC1CONC1=O)c1ccc(C2=NCC(c3cc(C(F)(F)F)c(Cl)c(C(F)(F)F)c3)(C(F)(F)F)C2)nc1. The zero-order chi connectivity index (χ0) is 29.0. The summed E-state index contributed by atoms with van der Waals surface area (Å²) >= 11 is 5.32. The first-order valence-corrected chi connectivity index (χ1v) is 11.1. The molecule has 0 radical (unpaired) electrons.